The van der Waals surface area contributed by atoms with Crippen molar-refractivity contribution in [3.05, 3.63) is 88.6 Å². The first kappa shape index (κ1) is 30.7. The number of nitrogens with one attached hydrogen (secondary N) is 2. The van der Waals surface area contributed by atoms with E-state index in [-0.39, 0.29) is 51.7 Å². The average molecular weight is 641 g/mol. The number of phenolic OH excluding ortho intramolecular Hbond substituents is 1. The number of aromatic nitrogens is 2. The molecule has 10 nitrogen and oxygen atoms in total. The third kappa shape index (κ3) is 6.28. The Bertz CT molecular complexity index is 1820. The fraction of sp³-hybridized carbons (Fsp3) is 0.281. The predicted molar refractivity (Wildman–Crippen MR) is 157 cm³/mol. The molecule has 0 aliphatic carbocycles. The summed E-state index contributed by atoms with van der Waals surface area (Å²) in [6.07, 6.45) is -5.71. The molecule has 0 bridgehead atoms. The number of aromatic hydroxyl groups is 1. The van der Waals surface area contributed by atoms with E-state index in [1.165, 1.54) is 53.2 Å². The topological polar surface area (TPSA) is 124 Å². The molecule has 14 heteroatoms. The van der Waals surface area contributed by atoms with E-state index in [0.29, 0.717) is 36.5 Å². The number of hydrogen-bond donors (Lipinski definition) is 3. The van der Waals surface area contributed by atoms with Crippen LogP contribution in [0.25, 0.3) is 5.69 Å². The van der Waals surface area contributed by atoms with Gasteiger partial charge >= 0.3 is 12.3 Å². The van der Waals surface area contributed by atoms with Crippen LogP contribution in [0.4, 0.5) is 29.1 Å². The second kappa shape index (κ2) is 11.6. The van der Waals surface area contributed by atoms with Gasteiger partial charge in [-0.2, -0.15) is 5.10 Å². The summed E-state index contributed by atoms with van der Waals surface area (Å²) < 4.78 is 72.1. The fourth-order valence-electron chi connectivity index (χ4n) is 5.44. The maximum atomic E-state index is 14.2. The van der Waals surface area contributed by atoms with Crippen LogP contribution < -0.4 is 20.1 Å². The first-order chi connectivity index (χ1) is 21.8. The van der Waals surface area contributed by atoms with Gasteiger partial charge in [-0.3, -0.25) is 4.79 Å². The molecule has 0 unspecified atom stereocenters. The van der Waals surface area contributed by atoms with Crippen LogP contribution in [-0.4, -0.2) is 45.2 Å². The van der Waals surface area contributed by atoms with Gasteiger partial charge < -0.3 is 30.0 Å². The third-order valence-electron chi connectivity index (χ3n) is 7.40. The average Bonchev–Trinajstić information content (AvgIpc) is 3.54. The lowest BCUT2D eigenvalue weighted by molar-refractivity contribution is -0.287. The van der Waals surface area contributed by atoms with Gasteiger partial charge in [-0.05, 0) is 75.2 Å². The van der Waals surface area contributed by atoms with Crippen molar-refractivity contribution in [1.29, 1.82) is 0 Å². The van der Waals surface area contributed by atoms with Crippen LogP contribution in [0.15, 0.2) is 60.7 Å². The molecule has 1 aromatic heterocycles. The van der Waals surface area contributed by atoms with Crippen molar-refractivity contribution < 1.29 is 46.5 Å². The molecular weight excluding hydrogens is 612 g/mol. The summed E-state index contributed by atoms with van der Waals surface area (Å²) >= 11 is 0. The normalized spacial score (nSPS) is 14.8. The number of anilines is 2. The molecule has 0 radical (unpaired) electrons. The standard InChI is InChI=1S/C32H28F4N4O6/c1-31(2,46-30(43)17-8-10-22(41)11-9-17)16-19-13-20(15-24-26(19)45-32(35,36)44-24)38-29(42)18-5-3-6-21(14-18)40-28-23(7-4-12-37-28)25(39-40)27(33)34/h3,5-6,8-11,13-15,27,37,41H,4,7,12,16H2,1-2H3,(H,38,42). The third-order valence-corrected chi connectivity index (χ3v) is 7.40. The van der Waals surface area contributed by atoms with E-state index in [2.05, 4.69) is 20.5 Å². The predicted octanol–water partition coefficient (Wildman–Crippen LogP) is 6.63. The van der Waals surface area contributed by atoms with Gasteiger partial charge in [-0.1, -0.05) is 6.07 Å². The van der Waals surface area contributed by atoms with Crippen LogP contribution >= 0.6 is 0 Å². The quantitative estimate of drug-likeness (QED) is 0.145. The summed E-state index contributed by atoms with van der Waals surface area (Å²) in [7, 11) is 0. The van der Waals surface area contributed by atoms with E-state index in [1.54, 1.807) is 26.0 Å². The largest absolute Gasteiger partial charge is 0.586 e. The summed E-state index contributed by atoms with van der Waals surface area (Å²) in [5.41, 5.74) is -0.203. The fourth-order valence-corrected chi connectivity index (χ4v) is 5.44. The van der Waals surface area contributed by atoms with Gasteiger partial charge in [0.1, 0.15) is 22.9 Å². The second-order valence-corrected chi connectivity index (χ2v) is 11.5. The summed E-state index contributed by atoms with van der Waals surface area (Å²) in [6.45, 7) is 3.73. The zero-order chi connectivity index (χ0) is 32.8. The smallest absolute Gasteiger partial charge is 0.508 e. The van der Waals surface area contributed by atoms with E-state index in [4.69, 9.17) is 9.47 Å². The number of carbonyl (C=O) groups is 2. The summed E-state index contributed by atoms with van der Waals surface area (Å²) in [5, 5.41) is 19.4. The maximum Gasteiger partial charge on any atom is 0.586 e. The van der Waals surface area contributed by atoms with Crippen LogP contribution in [0, 0.1) is 0 Å². The molecule has 3 heterocycles. The highest BCUT2D eigenvalue weighted by Gasteiger charge is 2.45. The highest BCUT2D eigenvalue weighted by Crippen LogP contribution is 2.46. The highest BCUT2D eigenvalue weighted by atomic mass is 19.3. The van der Waals surface area contributed by atoms with Gasteiger partial charge in [-0.15, -0.1) is 8.78 Å². The zero-order valence-electron chi connectivity index (χ0n) is 24.6. The van der Waals surface area contributed by atoms with Crippen LogP contribution in [0.5, 0.6) is 17.2 Å². The van der Waals surface area contributed by atoms with Gasteiger partial charge in [0.15, 0.2) is 11.5 Å². The monoisotopic (exact) mass is 640 g/mol. The molecule has 240 valence electrons. The van der Waals surface area contributed by atoms with E-state index in [9.17, 15) is 32.3 Å². The summed E-state index contributed by atoms with van der Waals surface area (Å²) in [6, 6.07) is 14.2. The van der Waals surface area contributed by atoms with Gasteiger partial charge in [0, 0.05) is 41.4 Å². The number of ether oxygens (including phenoxy) is 3. The highest BCUT2D eigenvalue weighted by molar-refractivity contribution is 6.05. The minimum Gasteiger partial charge on any atom is -0.508 e. The second-order valence-electron chi connectivity index (χ2n) is 11.5. The number of nitrogens with zero attached hydrogens (tertiary/aromatic N) is 2. The Morgan fingerprint density at radius 1 is 1.11 bits per heavy atom. The first-order valence-corrected chi connectivity index (χ1v) is 14.3. The molecule has 4 aromatic rings. The van der Waals surface area contributed by atoms with E-state index in [1.807, 2.05) is 0 Å². The van der Waals surface area contributed by atoms with Crippen LogP contribution in [0.1, 0.15) is 64.2 Å². The van der Waals surface area contributed by atoms with Crippen molar-refractivity contribution in [3.8, 4) is 22.9 Å². The molecule has 2 aliphatic rings. The molecule has 6 rings (SSSR count). The van der Waals surface area contributed by atoms with Crippen molar-refractivity contribution in [2.75, 3.05) is 17.2 Å². The number of amides is 1. The first-order valence-electron chi connectivity index (χ1n) is 14.3. The molecule has 0 saturated carbocycles. The van der Waals surface area contributed by atoms with Crippen molar-refractivity contribution >= 4 is 23.4 Å². The maximum absolute atomic E-state index is 14.2. The lowest BCUT2D eigenvalue weighted by atomic mass is 9.96. The molecule has 1 amide bonds. The molecule has 0 saturated heterocycles. The van der Waals surface area contributed by atoms with Crippen molar-refractivity contribution in [1.82, 2.24) is 9.78 Å². The van der Waals surface area contributed by atoms with E-state index in [0.717, 1.165) is 0 Å². The molecule has 3 aromatic carbocycles. The van der Waals surface area contributed by atoms with Crippen molar-refractivity contribution in [2.45, 2.75) is 51.4 Å². The Morgan fingerprint density at radius 3 is 2.61 bits per heavy atom. The Hall–Kier alpha value is -5.27. The summed E-state index contributed by atoms with van der Waals surface area (Å²) in [5.74, 6) is -1.53. The van der Waals surface area contributed by atoms with Gasteiger partial charge in [0.05, 0.1) is 11.3 Å². The molecule has 46 heavy (non-hydrogen) atoms. The number of esters is 1. The number of halogens is 4. The molecule has 0 spiro atoms. The summed E-state index contributed by atoms with van der Waals surface area (Å²) in [4.78, 5) is 26.1. The molecule has 3 N–H and O–H groups in total. The zero-order valence-corrected chi connectivity index (χ0v) is 24.6. The number of phenols is 1. The Kier molecular flexibility index (Phi) is 7.74. The minimum atomic E-state index is -3.96. The molecule has 0 fully saturated rings. The lowest BCUT2D eigenvalue weighted by Gasteiger charge is -2.26. The van der Waals surface area contributed by atoms with Gasteiger partial charge in [0.25, 0.3) is 12.3 Å². The van der Waals surface area contributed by atoms with Crippen molar-refractivity contribution in [3.63, 3.8) is 0 Å². The number of carbonyl (C=O) groups excluding carboxylic acids is 2. The Morgan fingerprint density at radius 2 is 1.87 bits per heavy atom. The van der Waals surface area contributed by atoms with E-state index < -0.39 is 30.2 Å². The van der Waals surface area contributed by atoms with Crippen LogP contribution in [0.2, 0.25) is 0 Å². The number of alkyl halides is 4. The molecular formula is C32H28F4N4O6. The van der Waals surface area contributed by atoms with E-state index >= 15 is 0 Å². The number of hydrogen-bond acceptors (Lipinski definition) is 8. The lowest BCUT2D eigenvalue weighted by Crippen LogP contribution is -2.31. The Balaban J connectivity index is 1.26. The number of fused-ring (bicyclic) bond motifs is 2. The van der Waals surface area contributed by atoms with Crippen LogP contribution in [-0.2, 0) is 17.6 Å². The van der Waals surface area contributed by atoms with Crippen LogP contribution in [0.3, 0.4) is 0 Å². The van der Waals surface area contributed by atoms with Gasteiger partial charge in [0.2, 0.25) is 0 Å². The van der Waals surface area contributed by atoms with Gasteiger partial charge in [-0.25, -0.2) is 18.3 Å². The SMILES string of the molecule is CC(C)(Cc1cc(NC(=O)c2cccc(-n3nc(C(F)F)c4c3NCCC4)c2)cc2c1OC(F)(F)O2)OC(=O)c1ccc(O)cc1. The van der Waals surface area contributed by atoms with Crippen molar-refractivity contribution in [2.24, 2.45) is 0 Å². The minimum absolute atomic E-state index is 0.0341. The number of benzene rings is 3. The molecule has 0 atom stereocenters. The Labute approximate surface area is 259 Å². The molecule has 2 aliphatic heterocycles. The number of rotatable bonds is 8.